The molecule has 0 saturated carbocycles. The first-order valence-electron chi connectivity index (χ1n) is 4.56. The van der Waals surface area contributed by atoms with Crippen LogP contribution in [-0.2, 0) is 14.3 Å². The largest absolute Gasteiger partial charge is 0.462 e. The van der Waals surface area contributed by atoms with Gasteiger partial charge in [0.1, 0.15) is 5.52 Å². The summed E-state index contributed by atoms with van der Waals surface area (Å²) in [6, 6.07) is 5.32. The van der Waals surface area contributed by atoms with Crippen LogP contribution in [0.2, 0.25) is 5.02 Å². The Morgan fingerprint density at radius 2 is 2.24 bits per heavy atom. The Balaban J connectivity index is 2.29. The molecule has 7 heteroatoms. The maximum absolute atomic E-state index is 11.3. The third kappa shape index (κ3) is 2.37. The van der Waals surface area contributed by atoms with E-state index in [1.807, 2.05) is 6.07 Å². The lowest BCUT2D eigenvalue weighted by Gasteiger charge is -1.97. The van der Waals surface area contributed by atoms with Gasteiger partial charge in [0.05, 0.1) is 16.8 Å². The summed E-state index contributed by atoms with van der Waals surface area (Å²) in [4.78, 5) is 26.3. The number of amides is 1. The van der Waals surface area contributed by atoms with Gasteiger partial charge < -0.3 is 4.74 Å². The first kappa shape index (κ1) is 11.8. The second-order valence-electron chi connectivity index (χ2n) is 3.05. The normalized spacial score (nSPS) is 10.2. The van der Waals surface area contributed by atoms with E-state index in [1.54, 1.807) is 12.1 Å². The molecule has 2 aromatic rings. The fourth-order valence-corrected chi connectivity index (χ4v) is 2.37. The molecule has 0 aliphatic heterocycles. The highest BCUT2D eigenvalue weighted by Crippen LogP contribution is 2.30. The average Bonchev–Trinajstić information content (AvgIpc) is 2.72. The summed E-state index contributed by atoms with van der Waals surface area (Å²) in [5.41, 5.74) is 0.597. The highest BCUT2D eigenvalue weighted by Gasteiger charge is 2.16. The van der Waals surface area contributed by atoms with Crippen molar-refractivity contribution in [1.82, 2.24) is 4.98 Å². The Bertz CT molecular complexity index is 596. The zero-order chi connectivity index (χ0) is 12.4. The number of nitrogens with one attached hydrogen (secondary N) is 1. The van der Waals surface area contributed by atoms with E-state index >= 15 is 0 Å². The highest BCUT2D eigenvalue weighted by molar-refractivity contribution is 7.22. The number of para-hydroxylation sites is 1. The van der Waals surface area contributed by atoms with Gasteiger partial charge in [0.15, 0.2) is 5.13 Å². The van der Waals surface area contributed by atoms with Gasteiger partial charge in [0.2, 0.25) is 0 Å². The van der Waals surface area contributed by atoms with Crippen LogP contribution in [0.5, 0.6) is 0 Å². The van der Waals surface area contributed by atoms with Crippen LogP contribution in [0.3, 0.4) is 0 Å². The number of carbonyl (C=O) groups excluding carboxylic acids is 2. The van der Waals surface area contributed by atoms with Gasteiger partial charge in [-0.05, 0) is 12.1 Å². The zero-order valence-corrected chi connectivity index (χ0v) is 10.3. The van der Waals surface area contributed by atoms with Crippen molar-refractivity contribution in [2.24, 2.45) is 0 Å². The van der Waals surface area contributed by atoms with Crippen molar-refractivity contribution in [2.45, 2.75) is 0 Å². The summed E-state index contributed by atoms with van der Waals surface area (Å²) in [5.74, 6) is -1.82. The van der Waals surface area contributed by atoms with Gasteiger partial charge >= 0.3 is 11.9 Å². The monoisotopic (exact) mass is 270 g/mol. The summed E-state index contributed by atoms with van der Waals surface area (Å²) in [6.07, 6.45) is 0. The number of carbonyl (C=O) groups is 2. The summed E-state index contributed by atoms with van der Waals surface area (Å²) in [5, 5.41) is 3.15. The topological polar surface area (TPSA) is 68.3 Å². The fourth-order valence-electron chi connectivity index (χ4n) is 1.21. The van der Waals surface area contributed by atoms with Crippen molar-refractivity contribution < 1.29 is 14.3 Å². The lowest BCUT2D eigenvalue weighted by atomic mass is 10.3. The van der Waals surface area contributed by atoms with Crippen LogP contribution in [0.1, 0.15) is 0 Å². The van der Waals surface area contributed by atoms with Gasteiger partial charge in [-0.15, -0.1) is 0 Å². The number of aromatic nitrogens is 1. The Morgan fingerprint density at radius 3 is 2.88 bits per heavy atom. The number of ether oxygens (including phenoxy) is 1. The number of nitrogens with zero attached hydrogens (tertiary/aromatic N) is 1. The van der Waals surface area contributed by atoms with E-state index in [2.05, 4.69) is 15.0 Å². The molecule has 0 aliphatic rings. The number of halogens is 1. The van der Waals surface area contributed by atoms with Crippen molar-refractivity contribution in [3.8, 4) is 0 Å². The molecule has 0 bridgehead atoms. The molecular weight excluding hydrogens is 264 g/mol. The number of benzene rings is 1. The van der Waals surface area contributed by atoms with Crippen LogP contribution in [0.4, 0.5) is 5.13 Å². The van der Waals surface area contributed by atoms with E-state index in [0.29, 0.717) is 15.7 Å². The molecule has 17 heavy (non-hydrogen) atoms. The minimum atomic E-state index is -0.963. The van der Waals surface area contributed by atoms with Crippen LogP contribution in [0.25, 0.3) is 10.2 Å². The van der Waals surface area contributed by atoms with Gasteiger partial charge in [-0.25, -0.2) is 9.78 Å². The molecular formula is C10H7ClN2O3S. The molecule has 1 amide bonds. The molecule has 0 saturated heterocycles. The number of hydrogen-bond donors (Lipinski definition) is 1. The molecule has 1 aromatic carbocycles. The van der Waals surface area contributed by atoms with E-state index in [4.69, 9.17) is 11.6 Å². The van der Waals surface area contributed by atoms with E-state index in [0.717, 1.165) is 11.8 Å². The summed E-state index contributed by atoms with van der Waals surface area (Å²) < 4.78 is 5.11. The molecule has 0 spiro atoms. The van der Waals surface area contributed by atoms with Crippen LogP contribution in [0, 0.1) is 0 Å². The summed E-state index contributed by atoms with van der Waals surface area (Å²) in [7, 11) is 1.14. The van der Waals surface area contributed by atoms with E-state index in [9.17, 15) is 9.59 Å². The van der Waals surface area contributed by atoms with Crippen LogP contribution < -0.4 is 5.32 Å². The summed E-state index contributed by atoms with van der Waals surface area (Å²) >= 11 is 7.17. The second-order valence-corrected chi connectivity index (χ2v) is 4.49. The maximum atomic E-state index is 11.3. The molecule has 2 rings (SSSR count). The minimum absolute atomic E-state index is 0.309. The lowest BCUT2D eigenvalue weighted by Crippen LogP contribution is -2.23. The standard InChI is InChI=1S/C10H7ClN2O3S/c1-16-9(15)8(14)13-10-12-7-5(11)3-2-4-6(7)17-10/h2-4H,1H3,(H,12,13,14). The minimum Gasteiger partial charge on any atom is -0.462 e. The van der Waals surface area contributed by atoms with E-state index in [1.165, 1.54) is 11.3 Å². The first-order chi connectivity index (χ1) is 8.11. The van der Waals surface area contributed by atoms with Crippen molar-refractivity contribution in [3.63, 3.8) is 0 Å². The molecule has 88 valence electrons. The van der Waals surface area contributed by atoms with Gasteiger partial charge in [-0.1, -0.05) is 29.0 Å². The van der Waals surface area contributed by atoms with Gasteiger partial charge in [-0.3, -0.25) is 10.1 Å². The molecule has 1 heterocycles. The number of fused-ring (bicyclic) bond motifs is 1. The van der Waals surface area contributed by atoms with Gasteiger partial charge in [-0.2, -0.15) is 0 Å². The van der Waals surface area contributed by atoms with E-state index < -0.39 is 11.9 Å². The number of rotatable bonds is 1. The Morgan fingerprint density at radius 1 is 1.47 bits per heavy atom. The van der Waals surface area contributed by atoms with Gasteiger partial charge in [0.25, 0.3) is 0 Å². The van der Waals surface area contributed by atoms with Crippen LogP contribution in [0.15, 0.2) is 18.2 Å². The third-order valence-electron chi connectivity index (χ3n) is 1.96. The predicted molar refractivity (Wildman–Crippen MR) is 65.3 cm³/mol. The SMILES string of the molecule is COC(=O)C(=O)Nc1nc2c(Cl)cccc2s1. The number of esters is 1. The Kier molecular flexibility index (Phi) is 3.26. The smallest absolute Gasteiger partial charge is 0.396 e. The molecule has 0 radical (unpaired) electrons. The number of thiazole rings is 1. The molecule has 0 aliphatic carbocycles. The Hall–Kier alpha value is -1.66. The predicted octanol–water partition coefficient (Wildman–Crippen LogP) is 2.06. The maximum Gasteiger partial charge on any atom is 0.396 e. The van der Waals surface area contributed by atoms with Gasteiger partial charge in [0, 0.05) is 0 Å². The fraction of sp³-hybridized carbons (Fsp3) is 0.100. The van der Waals surface area contributed by atoms with Crippen LogP contribution >= 0.6 is 22.9 Å². The number of hydrogen-bond acceptors (Lipinski definition) is 5. The quantitative estimate of drug-likeness (QED) is 0.636. The highest BCUT2D eigenvalue weighted by atomic mass is 35.5. The van der Waals surface area contributed by atoms with Crippen LogP contribution in [-0.4, -0.2) is 24.0 Å². The lowest BCUT2D eigenvalue weighted by molar-refractivity contribution is -0.150. The first-order valence-corrected chi connectivity index (χ1v) is 5.75. The number of methoxy groups -OCH3 is 1. The summed E-state index contributed by atoms with van der Waals surface area (Å²) in [6.45, 7) is 0. The van der Waals surface area contributed by atoms with Crippen molar-refractivity contribution in [2.75, 3.05) is 12.4 Å². The van der Waals surface area contributed by atoms with Crippen molar-refractivity contribution >= 4 is 50.2 Å². The molecule has 0 unspecified atom stereocenters. The molecule has 0 fully saturated rings. The third-order valence-corrected chi connectivity index (χ3v) is 3.20. The average molecular weight is 271 g/mol. The van der Waals surface area contributed by atoms with Crippen molar-refractivity contribution in [1.29, 1.82) is 0 Å². The number of anilines is 1. The second kappa shape index (κ2) is 4.68. The molecule has 0 atom stereocenters. The van der Waals surface area contributed by atoms with E-state index in [-0.39, 0.29) is 0 Å². The zero-order valence-electron chi connectivity index (χ0n) is 8.69. The Labute approximate surface area is 105 Å². The molecule has 5 nitrogen and oxygen atoms in total. The van der Waals surface area contributed by atoms with Crippen molar-refractivity contribution in [3.05, 3.63) is 23.2 Å². The molecule has 1 N–H and O–H groups in total. The molecule has 1 aromatic heterocycles.